The van der Waals surface area contributed by atoms with Gasteiger partial charge in [-0.1, -0.05) is 12.1 Å². The Balaban J connectivity index is 1.89. The molecule has 1 saturated heterocycles. The molecule has 3 nitrogen and oxygen atoms in total. The smallest absolute Gasteiger partial charge is 0.118 e. The Morgan fingerprint density at radius 1 is 1.25 bits per heavy atom. The first-order valence-electron chi connectivity index (χ1n) is 7.67. The molecule has 1 aliphatic rings. The van der Waals surface area contributed by atoms with Crippen LogP contribution in [0.1, 0.15) is 24.8 Å². The quantitative estimate of drug-likeness (QED) is 0.831. The summed E-state index contributed by atoms with van der Waals surface area (Å²) in [6, 6.07) is 8.48. The zero-order chi connectivity index (χ0) is 14.2. The van der Waals surface area contributed by atoms with E-state index in [-0.39, 0.29) is 0 Å². The summed E-state index contributed by atoms with van der Waals surface area (Å²) in [5.74, 6) is 2.47. The molecule has 3 heteroatoms. The molecular formula is C17H27NO2. The molecule has 1 heterocycles. The second-order valence-corrected chi connectivity index (χ2v) is 5.77. The molecular weight excluding hydrogens is 250 g/mol. The second kappa shape index (κ2) is 8.28. The third-order valence-corrected chi connectivity index (χ3v) is 4.18. The van der Waals surface area contributed by atoms with E-state index in [0.29, 0.717) is 5.92 Å². The van der Waals surface area contributed by atoms with Gasteiger partial charge in [0.2, 0.25) is 0 Å². The molecule has 1 N–H and O–H groups in total. The van der Waals surface area contributed by atoms with E-state index in [1.807, 2.05) is 7.05 Å². The number of nitrogens with one attached hydrogen (secondary N) is 1. The summed E-state index contributed by atoms with van der Waals surface area (Å²) < 4.78 is 10.7. The summed E-state index contributed by atoms with van der Waals surface area (Å²) >= 11 is 0. The fourth-order valence-electron chi connectivity index (χ4n) is 3.08. The van der Waals surface area contributed by atoms with Crippen LogP contribution < -0.4 is 10.1 Å². The summed E-state index contributed by atoms with van der Waals surface area (Å²) in [5, 5.41) is 3.34. The van der Waals surface area contributed by atoms with Crippen molar-refractivity contribution in [2.45, 2.75) is 25.7 Å². The van der Waals surface area contributed by atoms with E-state index in [1.54, 1.807) is 7.11 Å². The average Bonchev–Trinajstić information content (AvgIpc) is 2.49. The monoisotopic (exact) mass is 277 g/mol. The molecule has 112 valence electrons. The van der Waals surface area contributed by atoms with Crippen molar-refractivity contribution in [3.05, 3.63) is 29.8 Å². The minimum Gasteiger partial charge on any atom is -0.497 e. The second-order valence-electron chi connectivity index (χ2n) is 5.77. The van der Waals surface area contributed by atoms with E-state index >= 15 is 0 Å². The van der Waals surface area contributed by atoms with E-state index in [2.05, 4.69) is 29.6 Å². The van der Waals surface area contributed by atoms with Crippen molar-refractivity contribution in [2.24, 2.45) is 11.8 Å². The first-order chi connectivity index (χ1) is 9.81. The third kappa shape index (κ3) is 4.80. The van der Waals surface area contributed by atoms with Crippen molar-refractivity contribution in [3.8, 4) is 5.75 Å². The number of ether oxygens (including phenoxy) is 2. The van der Waals surface area contributed by atoms with E-state index in [0.717, 1.165) is 37.8 Å². The van der Waals surface area contributed by atoms with Crippen molar-refractivity contribution in [3.63, 3.8) is 0 Å². The molecule has 1 unspecified atom stereocenters. The van der Waals surface area contributed by atoms with Gasteiger partial charge in [0.15, 0.2) is 0 Å². The third-order valence-electron chi connectivity index (χ3n) is 4.18. The van der Waals surface area contributed by atoms with Crippen LogP contribution in [0.25, 0.3) is 0 Å². The first kappa shape index (κ1) is 15.3. The lowest BCUT2D eigenvalue weighted by Gasteiger charge is -2.26. The lowest BCUT2D eigenvalue weighted by molar-refractivity contribution is 0.0586. The minimum atomic E-state index is 0.705. The first-order valence-corrected chi connectivity index (χ1v) is 7.67. The van der Waals surface area contributed by atoms with Gasteiger partial charge in [0.1, 0.15) is 5.75 Å². The van der Waals surface area contributed by atoms with Gasteiger partial charge in [0.25, 0.3) is 0 Å². The number of hydrogen-bond acceptors (Lipinski definition) is 3. The van der Waals surface area contributed by atoms with E-state index < -0.39 is 0 Å². The van der Waals surface area contributed by atoms with Crippen LogP contribution in [0.4, 0.5) is 0 Å². The Hall–Kier alpha value is -1.06. The highest BCUT2D eigenvalue weighted by Gasteiger charge is 2.19. The molecule has 1 aromatic rings. The molecule has 2 rings (SSSR count). The summed E-state index contributed by atoms with van der Waals surface area (Å²) in [6.45, 7) is 2.97. The molecule has 0 amide bonds. The van der Waals surface area contributed by atoms with Crippen LogP contribution >= 0.6 is 0 Å². The minimum absolute atomic E-state index is 0.705. The summed E-state index contributed by atoms with van der Waals surface area (Å²) in [7, 11) is 3.76. The molecule has 0 aliphatic carbocycles. The van der Waals surface area contributed by atoms with Crippen LogP contribution in [0.3, 0.4) is 0 Å². The Bertz CT molecular complexity index is 371. The molecule has 0 aromatic heterocycles. The predicted octanol–water partition coefficient (Wildman–Crippen LogP) is 2.89. The Kier molecular flexibility index (Phi) is 6.34. The highest BCUT2D eigenvalue weighted by molar-refractivity contribution is 5.27. The maximum Gasteiger partial charge on any atom is 0.118 e. The molecule has 1 fully saturated rings. The van der Waals surface area contributed by atoms with Crippen LogP contribution in [0.2, 0.25) is 0 Å². The summed E-state index contributed by atoms with van der Waals surface area (Å²) in [6.07, 6.45) is 4.89. The zero-order valence-electron chi connectivity index (χ0n) is 12.7. The van der Waals surface area contributed by atoms with Crippen LogP contribution in [-0.4, -0.2) is 33.9 Å². The average molecular weight is 277 g/mol. The van der Waals surface area contributed by atoms with Crippen molar-refractivity contribution < 1.29 is 9.47 Å². The molecule has 20 heavy (non-hydrogen) atoms. The van der Waals surface area contributed by atoms with E-state index in [9.17, 15) is 0 Å². The largest absolute Gasteiger partial charge is 0.497 e. The highest BCUT2D eigenvalue weighted by Crippen LogP contribution is 2.25. The Morgan fingerprint density at radius 2 is 1.95 bits per heavy atom. The van der Waals surface area contributed by atoms with Gasteiger partial charge < -0.3 is 14.8 Å². The van der Waals surface area contributed by atoms with Gasteiger partial charge in [-0.15, -0.1) is 0 Å². The van der Waals surface area contributed by atoms with Crippen molar-refractivity contribution in [1.29, 1.82) is 0 Å². The predicted molar refractivity (Wildman–Crippen MR) is 82.3 cm³/mol. The standard InChI is InChI=1S/C17H27NO2/c1-18-13-16(12-15-7-9-20-10-8-15)11-14-3-5-17(19-2)6-4-14/h3-6,15-16,18H,7-13H2,1-2H3. The van der Waals surface area contributed by atoms with Crippen molar-refractivity contribution in [1.82, 2.24) is 5.32 Å². The van der Waals surface area contributed by atoms with Gasteiger partial charge in [-0.3, -0.25) is 0 Å². The van der Waals surface area contributed by atoms with Gasteiger partial charge in [0, 0.05) is 13.2 Å². The molecule has 0 spiro atoms. The van der Waals surface area contributed by atoms with Gasteiger partial charge >= 0.3 is 0 Å². The fourth-order valence-corrected chi connectivity index (χ4v) is 3.08. The van der Waals surface area contributed by atoms with Crippen LogP contribution in [-0.2, 0) is 11.2 Å². The lowest BCUT2D eigenvalue weighted by atomic mass is 9.85. The number of methoxy groups -OCH3 is 1. The van der Waals surface area contributed by atoms with Crippen LogP contribution in [0, 0.1) is 11.8 Å². The molecule has 0 saturated carbocycles. The lowest BCUT2D eigenvalue weighted by Crippen LogP contribution is -2.26. The van der Waals surface area contributed by atoms with Gasteiger partial charge in [-0.05, 0) is 68.8 Å². The Labute approximate surface area is 122 Å². The summed E-state index contributed by atoms with van der Waals surface area (Å²) in [5.41, 5.74) is 1.40. The Morgan fingerprint density at radius 3 is 2.55 bits per heavy atom. The SMILES string of the molecule is CNCC(Cc1ccc(OC)cc1)CC1CCOCC1. The molecule has 1 atom stereocenters. The maximum atomic E-state index is 5.46. The normalized spacial score (nSPS) is 17.9. The highest BCUT2D eigenvalue weighted by atomic mass is 16.5. The van der Waals surface area contributed by atoms with Crippen LogP contribution in [0.5, 0.6) is 5.75 Å². The number of hydrogen-bond donors (Lipinski definition) is 1. The number of benzene rings is 1. The van der Waals surface area contributed by atoms with Gasteiger partial charge in [-0.25, -0.2) is 0 Å². The maximum absolute atomic E-state index is 5.46. The van der Waals surface area contributed by atoms with Crippen LogP contribution in [0.15, 0.2) is 24.3 Å². The van der Waals surface area contributed by atoms with Crippen molar-refractivity contribution in [2.75, 3.05) is 33.9 Å². The van der Waals surface area contributed by atoms with Crippen molar-refractivity contribution >= 4 is 0 Å². The van der Waals surface area contributed by atoms with Gasteiger partial charge in [0.05, 0.1) is 7.11 Å². The molecule has 0 bridgehead atoms. The summed E-state index contributed by atoms with van der Waals surface area (Å²) in [4.78, 5) is 0. The molecule has 1 aromatic carbocycles. The van der Waals surface area contributed by atoms with Gasteiger partial charge in [-0.2, -0.15) is 0 Å². The zero-order valence-corrected chi connectivity index (χ0v) is 12.7. The van der Waals surface area contributed by atoms with E-state index in [4.69, 9.17) is 9.47 Å². The topological polar surface area (TPSA) is 30.5 Å². The fraction of sp³-hybridized carbons (Fsp3) is 0.647. The van der Waals surface area contributed by atoms with E-state index in [1.165, 1.54) is 24.8 Å². The molecule has 0 radical (unpaired) electrons. The molecule has 1 aliphatic heterocycles. The number of rotatable bonds is 7.